The highest BCUT2D eigenvalue weighted by Crippen LogP contribution is 2.29. The molecule has 1 unspecified atom stereocenters. The topological polar surface area (TPSA) is 59.4 Å². The van der Waals surface area contributed by atoms with Gasteiger partial charge in [-0.2, -0.15) is 5.10 Å². The maximum Gasteiger partial charge on any atom is 0.282 e. The number of aromatic nitrogens is 2. The van der Waals surface area contributed by atoms with Gasteiger partial charge in [-0.3, -0.25) is 9.69 Å². The van der Waals surface area contributed by atoms with Gasteiger partial charge in [0.05, 0.1) is 31.1 Å². The molecule has 1 fully saturated rings. The van der Waals surface area contributed by atoms with Crippen LogP contribution >= 0.6 is 27.3 Å². The fraction of sp³-hybridized carbons (Fsp3) is 0.500. The van der Waals surface area contributed by atoms with E-state index in [0.29, 0.717) is 11.0 Å². The van der Waals surface area contributed by atoms with E-state index in [1.807, 2.05) is 11.3 Å². The summed E-state index contributed by atoms with van der Waals surface area (Å²) in [5.74, 6) is 0. The summed E-state index contributed by atoms with van der Waals surface area (Å²) in [5.41, 5.74) is 0.583. The van der Waals surface area contributed by atoms with Gasteiger partial charge in [-0.15, -0.1) is 11.3 Å². The van der Waals surface area contributed by atoms with Crippen molar-refractivity contribution in [3.05, 3.63) is 42.9 Å². The Kier molecular flexibility index (Phi) is 5.70. The Hall–Kier alpha value is -1.22. The number of nitrogens with zero attached hydrogens (tertiary/aromatic N) is 3. The molecule has 0 bridgehead atoms. The van der Waals surface area contributed by atoms with Crippen LogP contribution in [0.25, 0.3) is 0 Å². The summed E-state index contributed by atoms with van der Waals surface area (Å²) in [5, 5.41) is 7.48. The molecule has 1 saturated heterocycles. The average Bonchev–Trinajstić information content (AvgIpc) is 3.02. The summed E-state index contributed by atoms with van der Waals surface area (Å²) in [4.78, 5) is 17.1. The predicted molar refractivity (Wildman–Crippen MR) is 99.9 cm³/mol. The highest BCUT2D eigenvalue weighted by Gasteiger charge is 2.24. The Bertz CT molecular complexity index is 755. The van der Waals surface area contributed by atoms with Gasteiger partial charge >= 0.3 is 0 Å². The first-order chi connectivity index (χ1) is 11.6. The van der Waals surface area contributed by atoms with Crippen LogP contribution < -0.4 is 10.9 Å². The minimum absolute atomic E-state index is 0.144. The second kappa shape index (κ2) is 7.77. The van der Waals surface area contributed by atoms with Crippen LogP contribution in [-0.4, -0.2) is 47.5 Å². The number of rotatable bonds is 5. The summed E-state index contributed by atoms with van der Waals surface area (Å²) in [7, 11) is 1.64. The molecule has 0 aliphatic carbocycles. The van der Waals surface area contributed by atoms with E-state index < -0.39 is 0 Å². The lowest BCUT2D eigenvalue weighted by atomic mass is 10.2. The van der Waals surface area contributed by atoms with Crippen molar-refractivity contribution in [2.45, 2.75) is 13.0 Å². The zero-order chi connectivity index (χ0) is 17.1. The zero-order valence-electron chi connectivity index (χ0n) is 13.8. The molecule has 2 aromatic rings. The van der Waals surface area contributed by atoms with E-state index in [1.165, 1.54) is 14.4 Å². The van der Waals surface area contributed by atoms with E-state index in [1.54, 1.807) is 13.2 Å². The lowest BCUT2D eigenvalue weighted by molar-refractivity contribution is 0.0194. The molecular weight excluding hydrogens is 392 g/mol. The van der Waals surface area contributed by atoms with Crippen molar-refractivity contribution in [1.82, 2.24) is 14.7 Å². The van der Waals surface area contributed by atoms with Gasteiger partial charge in [0.15, 0.2) is 0 Å². The monoisotopic (exact) mass is 412 g/mol. The highest BCUT2D eigenvalue weighted by molar-refractivity contribution is 9.10. The molecule has 0 spiro atoms. The molecule has 24 heavy (non-hydrogen) atoms. The Balaban J connectivity index is 1.79. The lowest BCUT2D eigenvalue weighted by Gasteiger charge is -2.34. The number of morpholine rings is 1. The molecule has 0 saturated carbocycles. The lowest BCUT2D eigenvalue weighted by Crippen LogP contribution is -2.41. The van der Waals surface area contributed by atoms with Crippen LogP contribution in [0.5, 0.6) is 0 Å². The summed E-state index contributed by atoms with van der Waals surface area (Å²) in [6.45, 7) is 6.20. The number of hydrogen-bond acceptors (Lipinski definition) is 6. The van der Waals surface area contributed by atoms with E-state index in [4.69, 9.17) is 4.74 Å². The maximum absolute atomic E-state index is 12.0. The van der Waals surface area contributed by atoms with Crippen molar-refractivity contribution in [2.24, 2.45) is 7.05 Å². The van der Waals surface area contributed by atoms with Crippen LogP contribution in [0.15, 0.2) is 27.6 Å². The van der Waals surface area contributed by atoms with Crippen LogP contribution in [-0.2, 0) is 11.8 Å². The Morgan fingerprint density at radius 3 is 2.83 bits per heavy atom. The Morgan fingerprint density at radius 1 is 1.42 bits per heavy atom. The zero-order valence-corrected chi connectivity index (χ0v) is 16.2. The van der Waals surface area contributed by atoms with Gasteiger partial charge in [0.2, 0.25) is 0 Å². The van der Waals surface area contributed by atoms with Gasteiger partial charge in [-0.05, 0) is 35.0 Å². The molecule has 6 nitrogen and oxygen atoms in total. The SMILES string of the molecule is Cc1ccc(C(CNc2cnn(C)c(=O)c2Br)N2CCOCC2)s1. The second-order valence-electron chi connectivity index (χ2n) is 5.79. The van der Waals surface area contributed by atoms with Crippen LogP contribution in [0.4, 0.5) is 5.69 Å². The predicted octanol–water partition coefficient (Wildman–Crippen LogP) is 2.40. The van der Waals surface area contributed by atoms with Gasteiger partial charge in [-0.25, -0.2) is 4.68 Å². The molecular formula is C16H21BrN4O2S. The average molecular weight is 413 g/mol. The van der Waals surface area contributed by atoms with E-state index in [9.17, 15) is 4.79 Å². The molecule has 0 radical (unpaired) electrons. The Labute approximate surface area is 153 Å². The van der Waals surface area contributed by atoms with Gasteiger partial charge in [-0.1, -0.05) is 0 Å². The van der Waals surface area contributed by atoms with Crippen LogP contribution in [0, 0.1) is 6.92 Å². The van der Waals surface area contributed by atoms with Crippen molar-refractivity contribution in [1.29, 1.82) is 0 Å². The molecule has 0 amide bonds. The minimum Gasteiger partial charge on any atom is -0.381 e. The summed E-state index contributed by atoms with van der Waals surface area (Å²) in [6, 6.07) is 4.60. The first kappa shape index (κ1) is 17.6. The third-order valence-corrected chi connectivity index (χ3v) is 6.01. The maximum atomic E-state index is 12.0. The van der Waals surface area contributed by atoms with Gasteiger partial charge in [0.1, 0.15) is 4.47 Å². The number of thiophene rings is 1. The number of hydrogen-bond donors (Lipinski definition) is 1. The normalized spacial score (nSPS) is 17.0. The third kappa shape index (κ3) is 3.88. The van der Waals surface area contributed by atoms with Crippen molar-refractivity contribution < 1.29 is 4.74 Å². The van der Waals surface area contributed by atoms with E-state index in [0.717, 1.165) is 32.0 Å². The van der Waals surface area contributed by atoms with Crippen molar-refractivity contribution in [3.63, 3.8) is 0 Å². The first-order valence-electron chi connectivity index (χ1n) is 7.90. The molecule has 3 rings (SSSR count). The van der Waals surface area contributed by atoms with Gasteiger partial charge in [0, 0.05) is 36.4 Å². The smallest absolute Gasteiger partial charge is 0.282 e. The van der Waals surface area contributed by atoms with Crippen LogP contribution in [0.3, 0.4) is 0 Å². The summed E-state index contributed by atoms with van der Waals surface area (Å²) >= 11 is 5.19. The first-order valence-corrected chi connectivity index (χ1v) is 9.51. The number of nitrogens with one attached hydrogen (secondary N) is 1. The Morgan fingerprint density at radius 2 is 2.17 bits per heavy atom. The fourth-order valence-corrected chi connectivity index (χ4v) is 4.28. The van der Waals surface area contributed by atoms with E-state index >= 15 is 0 Å². The van der Waals surface area contributed by atoms with E-state index in [2.05, 4.69) is 50.3 Å². The molecule has 8 heteroatoms. The molecule has 1 aliphatic heterocycles. The molecule has 0 aromatic carbocycles. The number of halogens is 1. The number of anilines is 1. The second-order valence-corrected chi connectivity index (χ2v) is 7.91. The van der Waals surface area contributed by atoms with Crippen LogP contribution in [0.1, 0.15) is 15.8 Å². The van der Waals surface area contributed by atoms with E-state index in [-0.39, 0.29) is 11.6 Å². The molecule has 2 aromatic heterocycles. The molecule has 130 valence electrons. The number of aryl methyl sites for hydroxylation is 2. The quantitative estimate of drug-likeness (QED) is 0.816. The molecule has 1 aliphatic rings. The van der Waals surface area contributed by atoms with Gasteiger partial charge in [0.25, 0.3) is 5.56 Å². The summed E-state index contributed by atoms with van der Waals surface area (Å²) < 4.78 is 7.32. The summed E-state index contributed by atoms with van der Waals surface area (Å²) in [6.07, 6.45) is 1.68. The minimum atomic E-state index is -0.144. The third-order valence-electron chi connectivity index (χ3n) is 4.14. The fourth-order valence-electron chi connectivity index (χ4n) is 2.77. The largest absolute Gasteiger partial charge is 0.381 e. The van der Waals surface area contributed by atoms with Gasteiger partial charge < -0.3 is 10.1 Å². The molecule has 1 N–H and O–H groups in total. The highest BCUT2D eigenvalue weighted by atomic mass is 79.9. The van der Waals surface area contributed by atoms with Crippen LogP contribution in [0.2, 0.25) is 0 Å². The van der Waals surface area contributed by atoms with Crippen molar-refractivity contribution in [3.8, 4) is 0 Å². The number of ether oxygens (including phenoxy) is 1. The molecule has 3 heterocycles. The van der Waals surface area contributed by atoms with Crippen molar-refractivity contribution in [2.75, 3.05) is 38.2 Å². The molecule has 1 atom stereocenters. The standard InChI is InChI=1S/C16H21BrN4O2S/c1-11-3-4-14(24-11)13(21-5-7-23-8-6-21)10-18-12-9-19-20(2)16(22)15(12)17/h3-4,9,13,18H,5-8,10H2,1-2H3. The van der Waals surface area contributed by atoms with Crippen molar-refractivity contribution >= 4 is 33.0 Å².